The van der Waals surface area contributed by atoms with Crippen LogP contribution in [0.3, 0.4) is 0 Å². The van der Waals surface area contributed by atoms with E-state index in [1.165, 1.54) is 0 Å². The molecule has 0 radical (unpaired) electrons. The van der Waals surface area contributed by atoms with E-state index >= 15 is 0 Å². The van der Waals surface area contributed by atoms with Crippen molar-refractivity contribution in [3.8, 4) is 5.69 Å². The van der Waals surface area contributed by atoms with Crippen LogP contribution in [-0.4, -0.2) is 50.6 Å². The fourth-order valence-corrected chi connectivity index (χ4v) is 3.24. The van der Waals surface area contributed by atoms with Crippen LogP contribution in [0.15, 0.2) is 24.3 Å². The van der Waals surface area contributed by atoms with Crippen molar-refractivity contribution in [2.24, 2.45) is 5.92 Å². The van der Waals surface area contributed by atoms with E-state index in [-0.39, 0.29) is 18.4 Å². The highest BCUT2D eigenvalue weighted by Crippen LogP contribution is 2.22. The number of carbonyl (C=O) groups is 1. The fourth-order valence-electron chi connectivity index (χ4n) is 3.06. The molecule has 2 heterocycles. The Morgan fingerprint density at radius 1 is 1.46 bits per heavy atom. The molecule has 1 aliphatic heterocycles. The molecule has 7 heteroatoms. The van der Waals surface area contributed by atoms with E-state index in [1.54, 1.807) is 21.7 Å². The van der Waals surface area contributed by atoms with Gasteiger partial charge in [-0.25, -0.2) is 4.68 Å². The van der Waals surface area contributed by atoms with Gasteiger partial charge in [0.2, 0.25) is 0 Å². The van der Waals surface area contributed by atoms with E-state index in [1.807, 2.05) is 12.1 Å². The molecule has 3 rings (SSSR count). The Morgan fingerprint density at radius 2 is 2.29 bits per heavy atom. The predicted octanol–water partition coefficient (Wildman–Crippen LogP) is 2.33. The van der Waals surface area contributed by atoms with Crippen molar-refractivity contribution in [1.29, 1.82) is 0 Å². The Morgan fingerprint density at radius 3 is 2.96 bits per heavy atom. The molecule has 2 aromatic rings. The van der Waals surface area contributed by atoms with Gasteiger partial charge in [0, 0.05) is 30.6 Å². The molecule has 1 amide bonds. The molecule has 0 spiro atoms. The quantitative estimate of drug-likeness (QED) is 0.900. The summed E-state index contributed by atoms with van der Waals surface area (Å²) in [6, 6.07) is 7.35. The van der Waals surface area contributed by atoms with Gasteiger partial charge >= 0.3 is 0 Å². The number of aliphatic hydroxyl groups is 1. The first-order valence-electron chi connectivity index (χ1n) is 8.24. The van der Waals surface area contributed by atoms with Crippen molar-refractivity contribution >= 4 is 17.5 Å². The lowest BCUT2D eigenvalue weighted by molar-refractivity contribution is 0.0775. The first-order valence-corrected chi connectivity index (χ1v) is 8.62. The lowest BCUT2D eigenvalue weighted by Crippen LogP contribution is -2.30. The molecule has 1 saturated heterocycles. The Kier molecular flexibility index (Phi) is 5.16. The first kappa shape index (κ1) is 16.9. The second kappa shape index (κ2) is 7.32. The van der Waals surface area contributed by atoms with E-state index in [4.69, 9.17) is 11.6 Å². The van der Waals surface area contributed by atoms with Crippen molar-refractivity contribution in [2.45, 2.75) is 26.2 Å². The molecule has 1 atom stereocenters. The van der Waals surface area contributed by atoms with Gasteiger partial charge in [0.05, 0.1) is 11.4 Å². The molecule has 24 heavy (non-hydrogen) atoms. The van der Waals surface area contributed by atoms with Crippen molar-refractivity contribution in [3.05, 3.63) is 40.7 Å². The summed E-state index contributed by atoms with van der Waals surface area (Å²) in [5.41, 5.74) is 2.00. The van der Waals surface area contributed by atoms with Gasteiger partial charge in [0.1, 0.15) is 0 Å². The number of hydrogen-bond acceptors (Lipinski definition) is 4. The molecule has 1 fully saturated rings. The van der Waals surface area contributed by atoms with E-state index in [9.17, 15) is 9.90 Å². The zero-order valence-corrected chi connectivity index (χ0v) is 14.4. The van der Waals surface area contributed by atoms with E-state index in [0.717, 1.165) is 24.2 Å². The largest absolute Gasteiger partial charge is 0.396 e. The molecular formula is C17H21ClN4O2. The lowest BCUT2D eigenvalue weighted by Gasteiger charge is -2.15. The topological polar surface area (TPSA) is 71.2 Å². The molecule has 1 aromatic carbocycles. The Balaban J connectivity index is 1.93. The summed E-state index contributed by atoms with van der Waals surface area (Å²) >= 11 is 6.07. The summed E-state index contributed by atoms with van der Waals surface area (Å²) in [5.74, 6) is 0.0502. The van der Waals surface area contributed by atoms with E-state index < -0.39 is 0 Å². The molecule has 1 N–H and O–H groups in total. The van der Waals surface area contributed by atoms with Crippen molar-refractivity contribution in [1.82, 2.24) is 19.9 Å². The van der Waals surface area contributed by atoms with Crippen LogP contribution in [0.1, 0.15) is 35.9 Å². The highest BCUT2D eigenvalue weighted by Gasteiger charge is 2.30. The number of aliphatic hydroxyl groups excluding tert-OH is 1. The summed E-state index contributed by atoms with van der Waals surface area (Å²) in [5, 5.41) is 18.2. The molecular weight excluding hydrogens is 328 g/mol. The maximum absolute atomic E-state index is 12.8. The van der Waals surface area contributed by atoms with Crippen LogP contribution in [0.25, 0.3) is 5.69 Å². The molecule has 1 aromatic heterocycles. The second-order valence-electron chi connectivity index (χ2n) is 6.11. The molecule has 1 aliphatic rings. The molecule has 128 valence electrons. The lowest BCUT2D eigenvalue weighted by atomic mass is 10.1. The minimum absolute atomic E-state index is 0.109. The van der Waals surface area contributed by atoms with Crippen LogP contribution in [0.2, 0.25) is 5.02 Å². The van der Waals surface area contributed by atoms with Gasteiger partial charge in [-0.1, -0.05) is 36.2 Å². The fraction of sp³-hybridized carbons (Fsp3) is 0.471. The van der Waals surface area contributed by atoms with Crippen LogP contribution in [-0.2, 0) is 6.42 Å². The molecule has 0 bridgehead atoms. The smallest absolute Gasteiger partial charge is 0.276 e. The minimum Gasteiger partial charge on any atom is -0.396 e. The van der Waals surface area contributed by atoms with Gasteiger partial charge in [0.25, 0.3) is 5.91 Å². The van der Waals surface area contributed by atoms with Crippen LogP contribution >= 0.6 is 11.6 Å². The van der Waals surface area contributed by atoms with E-state index in [2.05, 4.69) is 17.2 Å². The summed E-state index contributed by atoms with van der Waals surface area (Å²) < 4.78 is 1.70. The van der Waals surface area contributed by atoms with Gasteiger partial charge in [0.15, 0.2) is 5.69 Å². The number of halogens is 1. The summed E-state index contributed by atoms with van der Waals surface area (Å²) in [4.78, 5) is 14.6. The van der Waals surface area contributed by atoms with Crippen LogP contribution < -0.4 is 0 Å². The molecule has 0 saturated carbocycles. The van der Waals surface area contributed by atoms with Gasteiger partial charge in [-0.3, -0.25) is 4.79 Å². The van der Waals surface area contributed by atoms with Crippen LogP contribution in [0.5, 0.6) is 0 Å². The number of nitrogens with zero attached hydrogens (tertiary/aromatic N) is 4. The summed E-state index contributed by atoms with van der Waals surface area (Å²) in [6.07, 6.45) is 2.42. The Labute approximate surface area is 146 Å². The van der Waals surface area contributed by atoms with E-state index in [0.29, 0.717) is 30.2 Å². The third kappa shape index (κ3) is 3.30. The Hall–Kier alpha value is -1.92. The van der Waals surface area contributed by atoms with Gasteiger partial charge in [-0.05, 0) is 31.0 Å². The molecule has 0 aliphatic carbocycles. The molecule has 6 nitrogen and oxygen atoms in total. The number of amides is 1. The monoisotopic (exact) mass is 348 g/mol. The third-order valence-electron chi connectivity index (χ3n) is 4.34. The zero-order valence-electron chi connectivity index (χ0n) is 13.7. The standard InChI is InChI=1S/C17H21ClN4O2/c1-2-4-15-16(17(24)21-8-7-12(10-21)11-23)19-20-22(15)14-6-3-5-13(18)9-14/h3,5-6,9,12,23H,2,4,7-8,10-11H2,1H3. The van der Waals surface area contributed by atoms with Crippen LogP contribution in [0.4, 0.5) is 0 Å². The first-order chi connectivity index (χ1) is 11.6. The number of hydrogen-bond donors (Lipinski definition) is 1. The number of rotatable bonds is 5. The second-order valence-corrected chi connectivity index (χ2v) is 6.55. The maximum Gasteiger partial charge on any atom is 0.276 e. The van der Waals surface area contributed by atoms with Gasteiger partial charge in [-0.15, -0.1) is 5.10 Å². The average Bonchev–Trinajstić information content (AvgIpc) is 3.21. The van der Waals surface area contributed by atoms with Crippen molar-refractivity contribution in [2.75, 3.05) is 19.7 Å². The number of benzene rings is 1. The predicted molar refractivity (Wildman–Crippen MR) is 91.5 cm³/mol. The maximum atomic E-state index is 12.8. The average molecular weight is 349 g/mol. The number of likely N-dealkylation sites (tertiary alicyclic amines) is 1. The normalized spacial score (nSPS) is 17.5. The van der Waals surface area contributed by atoms with Gasteiger partial charge in [-0.2, -0.15) is 0 Å². The number of carbonyl (C=O) groups excluding carboxylic acids is 1. The SMILES string of the molecule is CCCc1c(C(=O)N2CCC(CO)C2)nnn1-c1cccc(Cl)c1. The highest BCUT2D eigenvalue weighted by atomic mass is 35.5. The number of aromatic nitrogens is 3. The summed E-state index contributed by atoms with van der Waals surface area (Å²) in [7, 11) is 0. The van der Waals surface area contributed by atoms with Gasteiger partial charge < -0.3 is 10.0 Å². The third-order valence-corrected chi connectivity index (χ3v) is 4.57. The summed E-state index contributed by atoms with van der Waals surface area (Å²) in [6.45, 7) is 3.40. The van der Waals surface area contributed by atoms with Crippen LogP contribution in [0, 0.1) is 5.92 Å². The Bertz CT molecular complexity index is 731. The highest BCUT2D eigenvalue weighted by molar-refractivity contribution is 6.30. The minimum atomic E-state index is -0.109. The molecule has 1 unspecified atom stereocenters. The zero-order chi connectivity index (χ0) is 17.1. The van der Waals surface area contributed by atoms with Crippen molar-refractivity contribution < 1.29 is 9.90 Å². The van der Waals surface area contributed by atoms with Crippen molar-refractivity contribution in [3.63, 3.8) is 0 Å².